The lowest BCUT2D eigenvalue weighted by molar-refractivity contribution is 0.0736. The molecule has 3 aromatic heterocycles. The fourth-order valence-corrected chi connectivity index (χ4v) is 3.53. The molecule has 1 aromatic carbocycles. The number of amides is 1. The van der Waals surface area contributed by atoms with Crippen molar-refractivity contribution in [1.82, 2.24) is 19.9 Å². The fraction of sp³-hybridized carbons (Fsp3) is 0.200. The quantitative estimate of drug-likeness (QED) is 0.490. The third-order valence-corrected chi connectivity index (χ3v) is 5.42. The summed E-state index contributed by atoms with van der Waals surface area (Å²) in [6, 6.07) is 7.49. The van der Waals surface area contributed by atoms with Crippen LogP contribution in [0.25, 0.3) is 10.8 Å². The van der Waals surface area contributed by atoms with Gasteiger partial charge in [-0.2, -0.15) is 0 Å². The van der Waals surface area contributed by atoms with Gasteiger partial charge in [0.2, 0.25) is 5.89 Å². The van der Waals surface area contributed by atoms with Crippen molar-refractivity contribution in [2.24, 2.45) is 0 Å². The van der Waals surface area contributed by atoms with E-state index in [-0.39, 0.29) is 24.2 Å². The highest BCUT2D eigenvalue weighted by Crippen LogP contribution is 2.26. The molecule has 0 N–H and O–H groups in total. The van der Waals surface area contributed by atoms with Crippen LogP contribution in [0.5, 0.6) is 5.75 Å². The van der Waals surface area contributed by atoms with Gasteiger partial charge in [0.15, 0.2) is 12.3 Å². The van der Waals surface area contributed by atoms with E-state index in [0.29, 0.717) is 11.6 Å². The van der Waals surface area contributed by atoms with Crippen LogP contribution in [0.15, 0.2) is 58.9 Å². The van der Waals surface area contributed by atoms with Gasteiger partial charge in [-0.3, -0.25) is 9.78 Å². The molecule has 0 aliphatic rings. The number of carbonyl (C=O) groups excluding carboxylic acids is 1. The highest BCUT2D eigenvalue weighted by atomic mass is 32.1. The molecule has 0 radical (unpaired) electrons. The van der Waals surface area contributed by atoms with Crippen molar-refractivity contribution in [3.05, 3.63) is 71.1 Å². The molecule has 1 amide bonds. The average Bonchev–Trinajstić information content (AvgIpc) is 3.43. The highest BCUT2D eigenvalue weighted by molar-refractivity contribution is 7.09. The number of pyridine rings is 1. The minimum atomic E-state index is -0.228. The fourth-order valence-electron chi connectivity index (χ4n) is 2.80. The number of benzene rings is 1. The molecule has 4 aromatic rings. The van der Waals surface area contributed by atoms with Crippen molar-refractivity contribution in [3.8, 4) is 5.75 Å². The van der Waals surface area contributed by atoms with E-state index in [4.69, 9.17) is 9.15 Å². The number of oxazole rings is 1. The summed E-state index contributed by atoms with van der Waals surface area (Å²) in [6.45, 7) is 2.05. The molecule has 0 unspecified atom stereocenters. The van der Waals surface area contributed by atoms with Crippen LogP contribution in [-0.2, 0) is 6.61 Å². The van der Waals surface area contributed by atoms with E-state index in [1.807, 2.05) is 36.6 Å². The van der Waals surface area contributed by atoms with E-state index in [1.165, 1.54) is 17.6 Å². The minimum absolute atomic E-state index is 0.125. The second-order valence-electron chi connectivity index (χ2n) is 6.23. The Hall–Kier alpha value is -3.26. The Kier molecular flexibility index (Phi) is 5.03. The molecular formula is C20H18N4O3S. The third kappa shape index (κ3) is 3.59. The lowest BCUT2D eigenvalue weighted by atomic mass is 10.1. The number of carbonyl (C=O) groups is 1. The first-order valence-electron chi connectivity index (χ1n) is 8.70. The van der Waals surface area contributed by atoms with Crippen LogP contribution >= 0.6 is 11.3 Å². The van der Waals surface area contributed by atoms with Crippen LogP contribution in [0.2, 0.25) is 0 Å². The van der Waals surface area contributed by atoms with Gasteiger partial charge in [0, 0.05) is 41.8 Å². The summed E-state index contributed by atoms with van der Waals surface area (Å²) in [5.74, 6) is 0.819. The van der Waals surface area contributed by atoms with E-state index in [9.17, 15) is 4.79 Å². The van der Waals surface area contributed by atoms with Crippen LogP contribution in [0, 0.1) is 0 Å². The zero-order valence-corrected chi connectivity index (χ0v) is 16.2. The largest absolute Gasteiger partial charge is 0.483 e. The first-order valence-corrected chi connectivity index (χ1v) is 9.58. The molecule has 0 aliphatic carbocycles. The number of hydrogen-bond donors (Lipinski definition) is 0. The van der Waals surface area contributed by atoms with Gasteiger partial charge in [0.1, 0.15) is 17.0 Å². The maximum atomic E-state index is 12.7. The van der Waals surface area contributed by atoms with Gasteiger partial charge in [-0.05, 0) is 19.1 Å². The molecule has 0 fully saturated rings. The molecule has 0 saturated carbocycles. The van der Waals surface area contributed by atoms with Crippen LogP contribution < -0.4 is 4.74 Å². The molecule has 0 aliphatic heterocycles. The number of rotatable bonds is 6. The summed E-state index contributed by atoms with van der Waals surface area (Å²) in [7, 11) is 1.73. The predicted molar refractivity (Wildman–Crippen MR) is 105 cm³/mol. The summed E-state index contributed by atoms with van der Waals surface area (Å²) in [5, 5.41) is 4.70. The van der Waals surface area contributed by atoms with Crippen LogP contribution in [-0.4, -0.2) is 32.8 Å². The van der Waals surface area contributed by atoms with Crippen molar-refractivity contribution in [2.45, 2.75) is 19.6 Å². The lowest BCUT2D eigenvalue weighted by Crippen LogP contribution is -2.29. The summed E-state index contributed by atoms with van der Waals surface area (Å²) in [5.41, 5.74) is 0.242. The third-order valence-electron chi connectivity index (χ3n) is 4.47. The normalized spacial score (nSPS) is 12.1. The summed E-state index contributed by atoms with van der Waals surface area (Å²) >= 11 is 1.51. The zero-order chi connectivity index (χ0) is 19.5. The SMILES string of the molecule is C[C@H](c1nccs1)N(C)C(=O)c1coc(COc2cccc3cnccc23)n1. The van der Waals surface area contributed by atoms with E-state index in [1.54, 1.807) is 30.5 Å². The molecule has 142 valence electrons. The Morgan fingerprint density at radius 3 is 3.04 bits per heavy atom. The van der Waals surface area contributed by atoms with E-state index in [2.05, 4.69) is 15.0 Å². The topological polar surface area (TPSA) is 81.4 Å². The average molecular weight is 394 g/mol. The molecule has 0 bridgehead atoms. The van der Waals surface area contributed by atoms with Gasteiger partial charge in [-0.25, -0.2) is 9.97 Å². The Morgan fingerprint density at radius 1 is 1.32 bits per heavy atom. The smallest absolute Gasteiger partial charge is 0.276 e. The van der Waals surface area contributed by atoms with E-state index >= 15 is 0 Å². The van der Waals surface area contributed by atoms with Crippen molar-refractivity contribution >= 4 is 28.0 Å². The van der Waals surface area contributed by atoms with Crippen molar-refractivity contribution in [3.63, 3.8) is 0 Å². The first-order chi connectivity index (χ1) is 13.6. The number of fused-ring (bicyclic) bond motifs is 1. The minimum Gasteiger partial charge on any atom is -0.483 e. The number of ether oxygens (including phenoxy) is 1. The molecule has 28 heavy (non-hydrogen) atoms. The number of aromatic nitrogens is 3. The lowest BCUT2D eigenvalue weighted by Gasteiger charge is -2.21. The summed E-state index contributed by atoms with van der Waals surface area (Å²) in [4.78, 5) is 26.9. The standard InChI is InChI=1S/C20H18N4O3S/c1-13(19-22-8-9-28-19)24(2)20(25)16-11-27-18(23-16)12-26-17-5-3-4-14-10-21-7-6-15(14)17/h3-11,13H,12H2,1-2H3/t13-/m1/s1. The first kappa shape index (κ1) is 18.1. The van der Waals surface area contributed by atoms with Crippen molar-refractivity contribution in [1.29, 1.82) is 0 Å². The maximum Gasteiger partial charge on any atom is 0.276 e. The van der Waals surface area contributed by atoms with Gasteiger partial charge in [0.05, 0.1) is 6.04 Å². The molecule has 8 heteroatoms. The van der Waals surface area contributed by atoms with E-state index in [0.717, 1.165) is 15.8 Å². The monoisotopic (exact) mass is 394 g/mol. The maximum absolute atomic E-state index is 12.7. The van der Waals surface area contributed by atoms with Gasteiger partial charge in [0.25, 0.3) is 5.91 Å². The molecule has 7 nitrogen and oxygen atoms in total. The van der Waals surface area contributed by atoms with Crippen LogP contribution in [0.1, 0.15) is 34.4 Å². The van der Waals surface area contributed by atoms with Crippen LogP contribution in [0.4, 0.5) is 0 Å². The Bertz CT molecular complexity index is 1090. The Labute approximate surface area is 165 Å². The van der Waals surface area contributed by atoms with E-state index < -0.39 is 0 Å². The van der Waals surface area contributed by atoms with Gasteiger partial charge in [-0.15, -0.1) is 11.3 Å². The molecule has 3 heterocycles. The highest BCUT2D eigenvalue weighted by Gasteiger charge is 2.23. The van der Waals surface area contributed by atoms with Crippen molar-refractivity contribution in [2.75, 3.05) is 7.05 Å². The van der Waals surface area contributed by atoms with Gasteiger partial charge >= 0.3 is 0 Å². The van der Waals surface area contributed by atoms with Crippen LogP contribution in [0.3, 0.4) is 0 Å². The van der Waals surface area contributed by atoms with Crippen molar-refractivity contribution < 1.29 is 13.9 Å². The van der Waals surface area contributed by atoms with Gasteiger partial charge in [-0.1, -0.05) is 12.1 Å². The number of hydrogen-bond acceptors (Lipinski definition) is 7. The summed E-state index contributed by atoms with van der Waals surface area (Å²) < 4.78 is 11.3. The molecule has 4 rings (SSSR count). The number of thiazole rings is 1. The molecule has 0 saturated heterocycles. The molecule has 0 spiro atoms. The summed E-state index contributed by atoms with van der Waals surface area (Å²) in [6.07, 6.45) is 6.59. The molecular weight excluding hydrogens is 376 g/mol. The molecule has 1 atom stereocenters. The number of nitrogens with zero attached hydrogens (tertiary/aromatic N) is 4. The predicted octanol–water partition coefficient (Wildman–Crippen LogP) is 4.09. The second kappa shape index (κ2) is 7.77. The second-order valence-corrected chi connectivity index (χ2v) is 7.16. The zero-order valence-electron chi connectivity index (χ0n) is 15.4. The Balaban J connectivity index is 1.45. The van der Waals surface area contributed by atoms with Gasteiger partial charge < -0.3 is 14.1 Å². The Morgan fingerprint density at radius 2 is 2.21 bits per heavy atom.